The maximum absolute atomic E-state index is 12.4. The van der Waals surface area contributed by atoms with Crippen LogP contribution in [0.15, 0.2) is 18.6 Å². The molecule has 0 bridgehead atoms. The molecule has 0 unspecified atom stereocenters. The van der Waals surface area contributed by atoms with Crippen LogP contribution >= 0.6 is 0 Å². The lowest BCUT2D eigenvalue weighted by atomic mass is 9.84. The Bertz CT molecular complexity index is 509. The van der Waals surface area contributed by atoms with Gasteiger partial charge in [0.2, 0.25) is 5.91 Å². The van der Waals surface area contributed by atoms with Crippen LogP contribution in [0, 0.1) is 5.92 Å². The maximum atomic E-state index is 12.4. The van der Waals surface area contributed by atoms with Gasteiger partial charge in [-0.1, -0.05) is 19.3 Å². The van der Waals surface area contributed by atoms with Gasteiger partial charge in [0.1, 0.15) is 5.82 Å². The molecule has 1 aromatic rings. The smallest absolute Gasteiger partial charge is 0.223 e. The summed E-state index contributed by atoms with van der Waals surface area (Å²) in [6.07, 6.45) is 11.7. The van der Waals surface area contributed by atoms with E-state index in [9.17, 15) is 9.90 Å². The van der Waals surface area contributed by atoms with Crippen LogP contribution in [0.25, 0.3) is 0 Å². The highest BCUT2D eigenvalue weighted by Crippen LogP contribution is 2.27. The Balaban J connectivity index is 1.45. The standard InChI is InChI=1S/C17H26N4O2/c22-16(20-13-17(23)6-2-1-3-7-17)14-4-10-21(11-5-14)15-12-18-8-9-19-15/h8-9,12,14,23H,1-7,10-11,13H2,(H,20,22). The predicted octanol–water partition coefficient (Wildman–Crippen LogP) is 1.50. The summed E-state index contributed by atoms with van der Waals surface area (Å²) in [4.78, 5) is 22.9. The van der Waals surface area contributed by atoms with Crippen molar-refractivity contribution in [2.24, 2.45) is 5.92 Å². The lowest BCUT2D eigenvalue weighted by Gasteiger charge is -2.34. The van der Waals surface area contributed by atoms with Crippen LogP contribution in [0.2, 0.25) is 0 Å². The Labute approximate surface area is 137 Å². The van der Waals surface area contributed by atoms with Gasteiger partial charge in [-0.2, -0.15) is 0 Å². The lowest BCUT2D eigenvalue weighted by molar-refractivity contribution is -0.127. The molecule has 0 atom stereocenters. The van der Waals surface area contributed by atoms with E-state index < -0.39 is 5.60 Å². The lowest BCUT2D eigenvalue weighted by Crippen LogP contribution is -2.47. The maximum Gasteiger partial charge on any atom is 0.223 e. The predicted molar refractivity (Wildman–Crippen MR) is 88.0 cm³/mol. The van der Waals surface area contributed by atoms with E-state index in [1.165, 1.54) is 6.42 Å². The van der Waals surface area contributed by atoms with Gasteiger partial charge in [0.25, 0.3) is 0 Å². The van der Waals surface area contributed by atoms with Crippen molar-refractivity contribution in [2.75, 3.05) is 24.5 Å². The Morgan fingerprint density at radius 3 is 2.65 bits per heavy atom. The third-order valence-corrected chi connectivity index (χ3v) is 5.12. The van der Waals surface area contributed by atoms with Gasteiger partial charge in [-0.05, 0) is 25.7 Å². The number of rotatable bonds is 4. The zero-order chi connectivity index (χ0) is 16.1. The van der Waals surface area contributed by atoms with E-state index in [1.807, 2.05) is 0 Å². The van der Waals surface area contributed by atoms with Crippen LogP contribution in [0.5, 0.6) is 0 Å². The molecule has 2 heterocycles. The SMILES string of the molecule is O=C(NCC1(O)CCCCC1)C1CCN(c2cnccn2)CC1. The number of carbonyl (C=O) groups excluding carboxylic acids is 1. The summed E-state index contributed by atoms with van der Waals surface area (Å²) in [6.45, 7) is 2.04. The Kier molecular flexibility index (Phi) is 5.10. The van der Waals surface area contributed by atoms with Crippen molar-refractivity contribution in [3.8, 4) is 0 Å². The van der Waals surface area contributed by atoms with Gasteiger partial charge in [0, 0.05) is 37.9 Å². The van der Waals surface area contributed by atoms with Gasteiger partial charge in [-0.25, -0.2) is 4.98 Å². The summed E-state index contributed by atoms with van der Waals surface area (Å²) >= 11 is 0. The number of carbonyl (C=O) groups is 1. The first-order valence-corrected chi connectivity index (χ1v) is 8.67. The van der Waals surface area contributed by atoms with Gasteiger partial charge in [0.15, 0.2) is 0 Å². The first-order chi connectivity index (χ1) is 11.2. The minimum atomic E-state index is -0.686. The van der Waals surface area contributed by atoms with Crippen molar-refractivity contribution in [3.63, 3.8) is 0 Å². The number of anilines is 1. The molecule has 23 heavy (non-hydrogen) atoms. The second kappa shape index (κ2) is 7.25. The van der Waals surface area contributed by atoms with Gasteiger partial charge in [-0.3, -0.25) is 9.78 Å². The molecule has 1 aliphatic heterocycles. The number of amides is 1. The summed E-state index contributed by atoms with van der Waals surface area (Å²) in [5, 5.41) is 13.5. The fourth-order valence-electron chi connectivity index (χ4n) is 3.61. The molecular weight excluding hydrogens is 292 g/mol. The number of aliphatic hydroxyl groups is 1. The van der Waals surface area contributed by atoms with Gasteiger partial charge in [0.05, 0.1) is 11.8 Å². The molecule has 1 saturated heterocycles. The largest absolute Gasteiger partial charge is 0.388 e. The highest BCUT2D eigenvalue weighted by Gasteiger charge is 2.31. The molecule has 1 aromatic heterocycles. The van der Waals surface area contributed by atoms with Gasteiger partial charge < -0.3 is 15.3 Å². The number of nitrogens with zero attached hydrogens (tertiary/aromatic N) is 3. The highest BCUT2D eigenvalue weighted by atomic mass is 16.3. The third-order valence-electron chi connectivity index (χ3n) is 5.12. The van der Waals surface area contributed by atoms with Gasteiger partial charge in [-0.15, -0.1) is 0 Å². The van der Waals surface area contributed by atoms with Crippen LogP contribution < -0.4 is 10.2 Å². The minimum Gasteiger partial charge on any atom is -0.388 e. The zero-order valence-electron chi connectivity index (χ0n) is 13.6. The molecule has 0 aromatic carbocycles. The first kappa shape index (κ1) is 16.2. The molecule has 126 valence electrons. The molecule has 2 N–H and O–H groups in total. The number of hydrogen-bond donors (Lipinski definition) is 2. The Morgan fingerprint density at radius 2 is 2.00 bits per heavy atom. The molecule has 3 rings (SSSR count). The number of piperidine rings is 1. The Hall–Kier alpha value is -1.69. The molecule has 0 radical (unpaired) electrons. The summed E-state index contributed by atoms with van der Waals surface area (Å²) in [7, 11) is 0. The summed E-state index contributed by atoms with van der Waals surface area (Å²) in [5.74, 6) is 1.00. The van der Waals surface area contributed by atoms with E-state index in [1.54, 1.807) is 18.6 Å². The third kappa shape index (κ3) is 4.19. The highest BCUT2D eigenvalue weighted by molar-refractivity contribution is 5.79. The van der Waals surface area contributed by atoms with E-state index in [2.05, 4.69) is 20.2 Å². The van der Waals surface area contributed by atoms with Crippen LogP contribution in [0.4, 0.5) is 5.82 Å². The molecule has 1 aliphatic carbocycles. The number of aromatic nitrogens is 2. The monoisotopic (exact) mass is 318 g/mol. The Morgan fingerprint density at radius 1 is 1.26 bits per heavy atom. The van der Waals surface area contributed by atoms with Gasteiger partial charge >= 0.3 is 0 Å². The van der Waals surface area contributed by atoms with E-state index in [0.717, 1.165) is 57.4 Å². The molecule has 1 amide bonds. The minimum absolute atomic E-state index is 0.0371. The van der Waals surface area contributed by atoms with Crippen molar-refractivity contribution in [2.45, 2.75) is 50.5 Å². The molecule has 0 spiro atoms. The van der Waals surface area contributed by atoms with Crippen LogP contribution in [-0.4, -0.2) is 46.2 Å². The van der Waals surface area contributed by atoms with Crippen LogP contribution in [-0.2, 0) is 4.79 Å². The zero-order valence-corrected chi connectivity index (χ0v) is 13.6. The quantitative estimate of drug-likeness (QED) is 0.880. The van der Waals surface area contributed by atoms with E-state index >= 15 is 0 Å². The van der Waals surface area contributed by atoms with Crippen molar-refractivity contribution >= 4 is 11.7 Å². The first-order valence-electron chi connectivity index (χ1n) is 8.67. The normalized spacial score (nSPS) is 21.9. The topological polar surface area (TPSA) is 78.4 Å². The average molecular weight is 318 g/mol. The summed E-state index contributed by atoms with van der Waals surface area (Å²) in [5.41, 5.74) is -0.686. The fraction of sp³-hybridized carbons (Fsp3) is 0.706. The van der Waals surface area contributed by atoms with Crippen molar-refractivity contribution in [3.05, 3.63) is 18.6 Å². The second-order valence-electron chi connectivity index (χ2n) is 6.83. The van der Waals surface area contributed by atoms with Crippen LogP contribution in [0.1, 0.15) is 44.9 Å². The van der Waals surface area contributed by atoms with Crippen molar-refractivity contribution in [1.82, 2.24) is 15.3 Å². The molecule has 2 fully saturated rings. The molecule has 6 nitrogen and oxygen atoms in total. The van der Waals surface area contributed by atoms with Crippen molar-refractivity contribution < 1.29 is 9.90 Å². The molecule has 6 heteroatoms. The molecule has 1 saturated carbocycles. The van der Waals surface area contributed by atoms with E-state index in [0.29, 0.717) is 6.54 Å². The fourth-order valence-corrected chi connectivity index (χ4v) is 3.61. The average Bonchev–Trinajstić information content (AvgIpc) is 2.61. The number of nitrogens with one attached hydrogen (secondary N) is 1. The second-order valence-corrected chi connectivity index (χ2v) is 6.83. The number of hydrogen-bond acceptors (Lipinski definition) is 5. The van der Waals surface area contributed by atoms with Crippen molar-refractivity contribution in [1.29, 1.82) is 0 Å². The molecule has 2 aliphatic rings. The van der Waals surface area contributed by atoms with E-state index in [-0.39, 0.29) is 11.8 Å². The van der Waals surface area contributed by atoms with E-state index in [4.69, 9.17) is 0 Å². The summed E-state index contributed by atoms with van der Waals surface area (Å²) < 4.78 is 0. The molecular formula is C17H26N4O2. The summed E-state index contributed by atoms with van der Waals surface area (Å²) in [6, 6.07) is 0. The van der Waals surface area contributed by atoms with Crippen LogP contribution in [0.3, 0.4) is 0 Å².